The summed E-state index contributed by atoms with van der Waals surface area (Å²) in [5.74, 6) is 0.681. The van der Waals surface area contributed by atoms with Gasteiger partial charge in [-0.1, -0.05) is 18.2 Å². The quantitative estimate of drug-likeness (QED) is 0.823. The minimum atomic E-state index is -0.185. The van der Waals surface area contributed by atoms with Crippen LogP contribution in [-0.2, 0) is 11.3 Å². The molecular weight excluding hydrogens is 331 g/mol. The molecule has 0 radical (unpaired) electrons. The standard InChI is InChI=1S/C21H27FN2O2/c1-16-13-19(22)6-3-18(16)14-23-15-21(24-9-11-26-12-10-24)17-4-7-20(25-2)8-5-17/h3-8,13,21,23H,9-12,14-15H2,1-2H3. The van der Waals surface area contributed by atoms with E-state index in [4.69, 9.17) is 9.47 Å². The molecule has 1 saturated heterocycles. The van der Waals surface area contributed by atoms with Gasteiger partial charge in [-0.15, -0.1) is 0 Å². The smallest absolute Gasteiger partial charge is 0.123 e. The number of hydrogen-bond donors (Lipinski definition) is 1. The molecule has 0 aliphatic carbocycles. The molecule has 1 atom stereocenters. The van der Waals surface area contributed by atoms with Gasteiger partial charge in [-0.2, -0.15) is 0 Å². The highest BCUT2D eigenvalue weighted by molar-refractivity contribution is 5.30. The Bertz CT molecular complexity index is 700. The van der Waals surface area contributed by atoms with Crippen molar-refractivity contribution in [2.75, 3.05) is 40.0 Å². The fourth-order valence-electron chi connectivity index (χ4n) is 3.37. The molecule has 1 N–H and O–H groups in total. The van der Waals surface area contributed by atoms with Crippen molar-refractivity contribution in [2.24, 2.45) is 0 Å². The molecule has 1 fully saturated rings. The predicted molar refractivity (Wildman–Crippen MR) is 101 cm³/mol. The van der Waals surface area contributed by atoms with Gasteiger partial charge in [-0.3, -0.25) is 4.90 Å². The molecule has 1 aliphatic heterocycles. The number of nitrogens with one attached hydrogen (secondary N) is 1. The van der Waals surface area contributed by atoms with Crippen LogP contribution in [0.5, 0.6) is 5.75 Å². The monoisotopic (exact) mass is 358 g/mol. The fraction of sp³-hybridized carbons (Fsp3) is 0.429. The van der Waals surface area contributed by atoms with E-state index in [0.717, 1.165) is 56.3 Å². The van der Waals surface area contributed by atoms with Crippen molar-refractivity contribution in [3.63, 3.8) is 0 Å². The SMILES string of the molecule is COc1ccc(C(CNCc2ccc(F)cc2C)N2CCOCC2)cc1. The summed E-state index contributed by atoms with van der Waals surface area (Å²) in [6.45, 7) is 6.88. The average molecular weight is 358 g/mol. The molecule has 2 aromatic rings. The largest absolute Gasteiger partial charge is 0.497 e. The molecule has 26 heavy (non-hydrogen) atoms. The number of hydrogen-bond acceptors (Lipinski definition) is 4. The summed E-state index contributed by atoms with van der Waals surface area (Å²) >= 11 is 0. The Morgan fingerprint density at radius 1 is 1.15 bits per heavy atom. The molecule has 0 spiro atoms. The molecule has 0 saturated carbocycles. The number of halogens is 1. The summed E-state index contributed by atoms with van der Waals surface area (Å²) in [6.07, 6.45) is 0. The van der Waals surface area contributed by atoms with Gasteiger partial charge in [0.15, 0.2) is 0 Å². The minimum absolute atomic E-state index is 0.185. The maximum Gasteiger partial charge on any atom is 0.123 e. The number of ether oxygens (including phenoxy) is 2. The van der Waals surface area contributed by atoms with Crippen molar-refractivity contribution in [1.82, 2.24) is 10.2 Å². The summed E-state index contributed by atoms with van der Waals surface area (Å²) in [5, 5.41) is 3.55. The van der Waals surface area contributed by atoms with E-state index in [1.54, 1.807) is 13.2 Å². The number of aryl methyl sites for hydroxylation is 1. The Kier molecular flexibility index (Phi) is 6.61. The van der Waals surface area contributed by atoms with Crippen molar-refractivity contribution in [3.8, 4) is 5.75 Å². The van der Waals surface area contributed by atoms with Crippen LogP contribution < -0.4 is 10.1 Å². The third-order valence-electron chi connectivity index (χ3n) is 4.94. The third-order valence-corrected chi connectivity index (χ3v) is 4.94. The fourth-order valence-corrected chi connectivity index (χ4v) is 3.37. The summed E-state index contributed by atoms with van der Waals surface area (Å²) in [4.78, 5) is 2.45. The first-order valence-corrected chi connectivity index (χ1v) is 9.09. The highest BCUT2D eigenvalue weighted by Gasteiger charge is 2.22. The molecule has 2 aromatic carbocycles. The normalized spacial score (nSPS) is 16.4. The van der Waals surface area contributed by atoms with Crippen LogP contribution in [0.4, 0.5) is 4.39 Å². The van der Waals surface area contributed by atoms with Gasteiger partial charge in [-0.25, -0.2) is 4.39 Å². The number of morpholine rings is 1. The Morgan fingerprint density at radius 3 is 2.54 bits per heavy atom. The molecule has 5 heteroatoms. The van der Waals surface area contributed by atoms with Crippen LogP contribution in [0.1, 0.15) is 22.7 Å². The number of nitrogens with zero attached hydrogens (tertiary/aromatic N) is 1. The van der Waals surface area contributed by atoms with Crippen LogP contribution in [0.2, 0.25) is 0 Å². The third kappa shape index (κ3) is 4.81. The number of rotatable bonds is 7. The lowest BCUT2D eigenvalue weighted by atomic mass is 10.0. The first kappa shape index (κ1) is 18.8. The summed E-state index contributed by atoms with van der Waals surface area (Å²) in [5.41, 5.74) is 3.36. The molecule has 140 valence electrons. The highest BCUT2D eigenvalue weighted by atomic mass is 19.1. The van der Waals surface area contributed by atoms with Crippen LogP contribution in [0, 0.1) is 12.7 Å². The van der Waals surface area contributed by atoms with Gasteiger partial charge in [0.2, 0.25) is 0 Å². The van der Waals surface area contributed by atoms with Crippen molar-refractivity contribution in [1.29, 1.82) is 0 Å². The van der Waals surface area contributed by atoms with E-state index in [-0.39, 0.29) is 11.9 Å². The van der Waals surface area contributed by atoms with Crippen LogP contribution in [0.15, 0.2) is 42.5 Å². The van der Waals surface area contributed by atoms with E-state index in [2.05, 4.69) is 22.3 Å². The van der Waals surface area contributed by atoms with Crippen LogP contribution >= 0.6 is 0 Å². The van der Waals surface area contributed by atoms with Gasteiger partial charge in [-0.05, 0) is 47.9 Å². The second kappa shape index (κ2) is 9.12. The lowest BCUT2D eigenvalue weighted by Crippen LogP contribution is -2.42. The first-order chi connectivity index (χ1) is 12.7. The van der Waals surface area contributed by atoms with E-state index in [9.17, 15) is 4.39 Å². The molecule has 1 unspecified atom stereocenters. The average Bonchev–Trinajstić information content (AvgIpc) is 2.67. The molecule has 1 heterocycles. The van der Waals surface area contributed by atoms with Gasteiger partial charge in [0, 0.05) is 32.2 Å². The van der Waals surface area contributed by atoms with Gasteiger partial charge >= 0.3 is 0 Å². The van der Waals surface area contributed by atoms with Crippen molar-refractivity contribution in [2.45, 2.75) is 19.5 Å². The van der Waals surface area contributed by atoms with E-state index < -0.39 is 0 Å². The number of benzene rings is 2. The maximum atomic E-state index is 13.3. The Hall–Kier alpha value is -1.95. The van der Waals surface area contributed by atoms with Gasteiger partial charge in [0.1, 0.15) is 11.6 Å². The summed E-state index contributed by atoms with van der Waals surface area (Å²) in [7, 11) is 1.68. The van der Waals surface area contributed by atoms with Crippen LogP contribution in [0.3, 0.4) is 0 Å². The molecule has 0 aromatic heterocycles. The summed E-state index contributed by atoms with van der Waals surface area (Å²) < 4.78 is 24.1. The molecule has 1 aliphatic rings. The van der Waals surface area contributed by atoms with Gasteiger partial charge in [0.25, 0.3) is 0 Å². The zero-order chi connectivity index (χ0) is 18.4. The predicted octanol–water partition coefficient (Wildman–Crippen LogP) is 3.31. The maximum absolute atomic E-state index is 13.3. The van der Waals surface area contributed by atoms with E-state index in [1.165, 1.54) is 11.6 Å². The Morgan fingerprint density at radius 2 is 1.88 bits per heavy atom. The first-order valence-electron chi connectivity index (χ1n) is 9.09. The lowest BCUT2D eigenvalue weighted by molar-refractivity contribution is 0.0161. The lowest BCUT2D eigenvalue weighted by Gasteiger charge is -2.35. The van der Waals surface area contributed by atoms with Gasteiger partial charge in [0.05, 0.1) is 20.3 Å². The van der Waals surface area contributed by atoms with Crippen LogP contribution in [0.25, 0.3) is 0 Å². The molecule has 4 nitrogen and oxygen atoms in total. The van der Waals surface area contributed by atoms with Crippen molar-refractivity contribution in [3.05, 3.63) is 65.0 Å². The van der Waals surface area contributed by atoms with Gasteiger partial charge < -0.3 is 14.8 Å². The summed E-state index contributed by atoms with van der Waals surface area (Å²) in [6, 6.07) is 13.5. The van der Waals surface area contributed by atoms with Crippen LogP contribution in [-0.4, -0.2) is 44.9 Å². The molecule has 0 amide bonds. The Labute approximate surface area is 154 Å². The number of methoxy groups -OCH3 is 1. The van der Waals surface area contributed by atoms with E-state index >= 15 is 0 Å². The van der Waals surface area contributed by atoms with Crippen molar-refractivity contribution >= 4 is 0 Å². The Balaban J connectivity index is 1.68. The molecule has 0 bridgehead atoms. The van der Waals surface area contributed by atoms with E-state index in [0.29, 0.717) is 0 Å². The van der Waals surface area contributed by atoms with Crippen molar-refractivity contribution < 1.29 is 13.9 Å². The zero-order valence-corrected chi connectivity index (χ0v) is 15.5. The molecular formula is C21H27FN2O2. The topological polar surface area (TPSA) is 33.7 Å². The second-order valence-electron chi connectivity index (χ2n) is 6.64. The second-order valence-corrected chi connectivity index (χ2v) is 6.64. The molecule has 3 rings (SSSR count). The van der Waals surface area contributed by atoms with E-state index in [1.807, 2.05) is 25.1 Å². The highest BCUT2D eigenvalue weighted by Crippen LogP contribution is 2.24. The zero-order valence-electron chi connectivity index (χ0n) is 15.5. The minimum Gasteiger partial charge on any atom is -0.497 e.